The highest BCUT2D eigenvalue weighted by Crippen LogP contribution is 2.19. The molecule has 1 fully saturated rings. The van der Waals surface area contributed by atoms with Crippen LogP contribution in [0.1, 0.15) is 26.2 Å². The van der Waals surface area contributed by atoms with Gasteiger partial charge in [-0.25, -0.2) is 12.7 Å². The Kier molecular flexibility index (Phi) is 5.30. The summed E-state index contributed by atoms with van der Waals surface area (Å²) in [5.41, 5.74) is 0. The molecule has 0 spiro atoms. The number of hydrogen-bond donors (Lipinski definition) is 2. The number of carbonyl (C=O) groups is 2. The molecule has 8 heteroatoms. The van der Waals surface area contributed by atoms with Crippen molar-refractivity contribution in [3.8, 4) is 0 Å². The molecule has 0 bridgehead atoms. The fourth-order valence-electron chi connectivity index (χ4n) is 2.13. The quantitative estimate of drug-likeness (QED) is 0.720. The van der Waals surface area contributed by atoms with E-state index in [-0.39, 0.29) is 18.9 Å². The molecule has 0 saturated carbocycles. The maximum absolute atomic E-state index is 11.9. The van der Waals surface area contributed by atoms with Crippen LogP contribution in [0.2, 0.25) is 0 Å². The van der Waals surface area contributed by atoms with Crippen molar-refractivity contribution >= 4 is 21.9 Å². The number of sulfonamides is 1. The van der Waals surface area contributed by atoms with Crippen LogP contribution in [0, 0.1) is 5.92 Å². The van der Waals surface area contributed by atoms with Crippen LogP contribution >= 0.6 is 0 Å². The number of amides is 1. The van der Waals surface area contributed by atoms with Gasteiger partial charge >= 0.3 is 5.97 Å². The summed E-state index contributed by atoms with van der Waals surface area (Å²) in [5.74, 6) is -1.66. The van der Waals surface area contributed by atoms with Crippen molar-refractivity contribution in [3.05, 3.63) is 0 Å². The van der Waals surface area contributed by atoms with E-state index in [2.05, 4.69) is 5.32 Å². The van der Waals surface area contributed by atoms with Crippen LogP contribution in [-0.2, 0) is 19.6 Å². The molecule has 0 aromatic rings. The Morgan fingerprint density at radius 1 is 1.47 bits per heavy atom. The average Bonchev–Trinajstić information content (AvgIpc) is 2.26. The second-order valence-corrected chi connectivity index (χ2v) is 6.95. The molecule has 1 rings (SSSR count). The van der Waals surface area contributed by atoms with Crippen LogP contribution in [0.5, 0.6) is 0 Å². The first-order chi connectivity index (χ1) is 8.70. The highest BCUT2D eigenvalue weighted by molar-refractivity contribution is 7.88. The van der Waals surface area contributed by atoms with Gasteiger partial charge in [0.05, 0.1) is 18.6 Å². The summed E-state index contributed by atoms with van der Waals surface area (Å²) in [5, 5.41) is 11.2. The number of carbonyl (C=O) groups excluding carboxylic acids is 1. The number of carboxylic acid groups (broad SMARTS) is 1. The largest absolute Gasteiger partial charge is 0.481 e. The normalized spacial score (nSPS) is 22.7. The second-order valence-electron chi connectivity index (χ2n) is 4.97. The molecule has 0 aliphatic carbocycles. The zero-order chi connectivity index (χ0) is 14.6. The number of carboxylic acids is 1. The van der Waals surface area contributed by atoms with Gasteiger partial charge in [-0.3, -0.25) is 9.59 Å². The van der Waals surface area contributed by atoms with E-state index in [9.17, 15) is 18.0 Å². The van der Waals surface area contributed by atoms with Gasteiger partial charge in [0.25, 0.3) is 0 Å². The highest BCUT2D eigenvalue weighted by Gasteiger charge is 2.30. The Morgan fingerprint density at radius 2 is 2.11 bits per heavy atom. The Hall–Kier alpha value is -1.15. The summed E-state index contributed by atoms with van der Waals surface area (Å²) in [4.78, 5) is 22.4. The molecule has 1 aliphatic rings. The van der Waals surface area contributed by atoms with Gasteiger partial charge < -0.3 is 10.4 Å². The lowest BCUT2D eigenvalue weighted by molar-refractivity contribution is -0.137. The maximum Gasteiger partial charge on any atom is 0.305 e. The molecular formula is C11H20N2O5S. The molecule has 2 atom stereocenters. The summed E-state index contributed by atoms with van der Waals surface area (Å²) >= 11 is 0. The van der Waals surface area contributed by atoms with E-state index in [1.807, 2.05) is 0 Å². The SMILES string of the molecule is CC(CC(=O)O)NC(=O)C1CCCN(S(C)(=O)=O)C1. The third kappa shape index (κ3) is 5.15. The van der Waals surface area contributed by atoms with Crippen molar-refractivity contribution in [1.82, 2.24) is 9.62 Å². The summed E-state index contributed by atoms with van der Waals surface area (Å²) in [6.07, 6.45) is 2.24. The molecule has 1 aliphatic heterocycles. The van der Waals surface area contributed by atoms with Gasteiger partial charge in [0.1, 0.15) is 0 Å². The van der Waals surface area contributed by atoms with Crippen molar-refractivity contribution in [2.75, 3.05) is 19.3 Å². The number of nitrogens with zero attached hydrogens (tertiary/aromatic N) is 1. The van der Waals surface area contributed by atoms with Crippen LogP contribution < -0.4 is 5.32 Å². The minimum atomic E-state index is -3.28. The molecule has 0 aromatic heterocycles. The zero-order valence-electron chi connectivity index (χ0n) is 11.1. The Labute approximate surface area is 113 Å². The summed E-state index contributed by atoms with van der Waals surface area (Å²) in [7, 11) is -3.28. The summed E-state index contributed by atoms with van der Waals surface area (Å²) in [6.45, 7) is 2.22. The fraction of sp³-hybridized carbons (Fsp3) is 0.818. The van der Waals surface area contributed by atoms with Crippen LogP contribution in [-0.4, -0.2) is 55.1 Å². The molecule has 2 unspecified atom stereocenters. The second kappa shape index (κ2) is 6.33. The molecular weight excluding hydrogens is 272 g/mol. The third-order valence-electron chi connectivity index (χ3n) is 3.09. The van der Waals surface area contributed by atoms with E-state index in [1.54, 1.807) is 6.92 Å². The lowest BCUT2D eigenvalue weighted by atomic mass is 9.98. The molecule has 0 aromatic carbocycles. The standard InChI is InChI=1S/C11H20N2O5S/c1-8(6-10(14)15)12-11(16)9-4-3-5-13(7-9)19(2,17)18/h8-9H,3-7H2,1-2H3,(H,12,16)(H,14,15). The minimum Gasteiger partial charge on any atom is -0.481 e. The van der Waals surface area contributed by atoms with Gasteiger partial charge in [0.15, 0.2) is 0 Å². The molecule has 1 heterocycles. The Balaban J connectivity index is 2.55. The Bertz CT molecular complexity index is 448. The number of hydrogen-bond acceptors (Lipinski definition) is 4. The highest BCUT2D eigenvalue weighted by atomic mass is 32.2. The summed E-state index contributed by atoms with van der Waals surface area (Å²) < 4.78 is 24.2. The van der Waals surface area contributed by atoms with Crippen LogP contribution in [0.4, 0.5) is 0 Å². The van der Waals surface area contributed by atoms with E-state index >= 15 is 0 Å². The van der Waals surface area contributed by atoms with Crippen molar-refractivity contribution in [2.24, 2.45) is 5.92 Å². The van der Waals surface area contributed by atoms with Gasteiger partial charge in [0.2, 0.25) is 15.9 Å². The number of nitrogens with one attached hydrogen (secondary N) is 1. The lowest BCUT2D eigenvalue weighted by Gasteiger charge is -2.30. The number of aliphatic carboxylic acids is 1. The molecule has 1 amide bonds. The van der Waals surface area contributed by atoms with Gasteiger partial charge in [-0.2, -0.15) is 0 Å². The first-order valence-corrected chi connectivity index (χ1v) is 8.02. The first kappa shape index (κ1) is 15.9. The minimum absolute atomic E-state index is 0.145. The monoisotopic (exact) mass is 292 g/mol. The van der Waals surface area contributed by atoms with E-state index in [0.29, 0.717) is 19.4 Å². The van der Waals surface area contributed by atoms with Gasteiger partial charge in [-0.1, -0.05) is 0 Å². The van der Waals surface area contributed by atoms with Gasteiger partial charge in [-0.05, 0) is 19.8 Å². The molecule has 1 saturated heterocycles. The topological polar surface area (TPSA) is 104 Å². The molecule has 7 nitrogen and oxygen atoms in total. The maximum atomic E-state index is 11.9. The van der Waals surface area contributed by atoms with Crippen molar-refractivity contribution in [2.45, 2.75) is 32.2 Å². The van der Waals surface area contributed by atoms with Crippen LogP contribution in [0.25, 0.3) is 0 Å². The first-order valence-electron chi connectivity index (χ1n) is 6.17. The van der Waals surface area contributed by atoms with Crippen molar-refractivity contribution in [1.29, 1.82) is 0 Å². The molecule has 110 valence electrons. The van der Waals surface area contributed by atoms with E-state index < -0.39 is 28.0 Å². The number of piperidine rings is 1. The average molecular weight is 292 g/mol. The molecule has 19 heavy (non-hydrogen) atoms. The molecule has 2 N–H and O–H groups in total. The van der Waals surface area contributed by atoms with Gasteiger partial charge in [0, 0.05) is 19.1 Å². The van der Waals surface area contributed by atoms with E-state index in [4.69, 9.17) is 5.11 Å². The van der Waals surface area contributed by atoms with E-state index in [1.165, 1.54) is 4.31 Å². The lowest BCUT2D eigenvalue weighted by Crippen LogP contribution is -2.47. The fourth-order valence-corrected chi connectivity index (χ4v) is 3.04. The van der Waals surface area contributed by atoms with Crippen molar-refractivity contribution < 1.29 is 23.1 Å². The Morgan fingerprint density at radius 3 is 2.63 bits per heavy atom. The predicted molar refractivity (Wildman–Crippen MR) is 69.0 cm³/mol. The third-order valence-corrected chi connectivity index (χ3v) is 4.36. The van der Waals surface area contributed by atoms with Crippen LogP contribution in [0.15, 0.2) is 0 Å². The zero-order valence-corrected chi connectivity index (χ0v) is 11.9. The summed E-state index contributed by atoms with van der Waals surface area (Å²) in [6, 6.07) is -0.460. The van der Waals surface area contributed by atoms with Crippen LogP contribution in [0.3, 0.4) is 0 Å². The van der Waals surface area contributed by atoms with Gasteiger partial charge in [-0.15, -0.1) is 0 Å². The molecule has 0 radical (unpaired) electrons. The smallest absolute Gasteiger partial charge is 0.305 e. The number of rotatable bonds is 5. The van der Waals surface area contributed by atoms with E-state index in [0.717, 1.165) is 6.26 Å². The predicted octanol–water partition coefficient (Wildman–Crippen LogP) is -0.363. The van der Waals surface area contributed by atoms with Crippen molar-refractivity contribution in [3.63, 3.8) is 0 Å².